The molecule has 0 atom stereocenters. The maximum Gasteiger partial charge on any atom is 1.00 e. The fraction of sp³-hybridized carbons (Fsp3) is 0.250. The van der Waals surface area contributed by atoms with Crippen molar-refractivity contribution in [3.63, 3.8) is 0 Å². The van der Waals surface area contributed by atoms with Crippen molar-refractivity contribution in [2.24, 2.45) is 0 Å². The van der Waals surface area contributed by atoms with Gasteiger partial charge in [0.15, 0.2) is 0 Å². The van der Waals surface area contributed by atoms with Crippen LogP contribution in [0.1, 0.15) is 11.1 Å². The molecule has 10 heavy (non-hydrogen) atoms. The van der Waals surface area contributed by atoms with Gasteiger partial charge in [0.25, 0.3) is 0 Å². The van der Waals surface area contributed by atoms with Crippen LogP contribution >= 0.6 is 0 Å². The molecule has 0 radical (unpaired) electrons. The van der Waals surface area contributed by atoms with E-state index in [-0.39, 0.29) is 57.1 Å². The summed E-state index contributed by atoms with van der Waals surface area (Å²) >= 11 is 0. The summed E-state index contributed by atoms with van der Waals surface area (Å²) in [4.78, 5) is 0. The van der Waals surface area contributed by atoms with Crippen molar-refractivity contribution in [2.75, 3.05) is 0 Å². The van der Waals surface area contributed by atoms with Gasteiger partial charge in [0.1, 0.15) is 0 Å². The number of aryl methyl sites for hydroxylation is 1. The molecule has 1 aromatic rings. The Labute approximate surface area is 104 Å². The molecule has 1 aromatic carbocycles. The van der Waals surface area contributed by atoms with E-state index in [1.54, 1.807) is 12.1 Å². The van der Waals surface area contributed by atoms with E-state index < -0.39 is 0 Å². The van der Waals surface area contributed by atoms with Crippen molar-refractivity contribution in [3.8, 4) is 5.75 Å². The van der Waals surface area contributed by atoms with Crippen LogP contribution in [0.2, 0.25) is 0 Å². The van der Waals surface area contributed by atoms with E-state index in [0.29, 0.717) is 0 Å². The molecule has 0 fully saturated rings. The number of rotatable bonds is 0. The molecule has 0 bridgehead atoms. The molecular formula is C8H9KO. The van der Waals surface area contributed by atoms with E-state index in [0.717, 1.165) is 11.1 Å². The van der Waals surface area contributed by atoms with Crippen molar-refractivity contribution in [1.29, 1.82) is 0 Å². The molecule has 0 N–H and O–H groups in total. The van der Waals surface area contributed by atoms with Gasteiger partial charge in [-0.25, -0.2) is 0 Å². The third-order valence-electron chi connectivity index (χ3n) is 1.55. The molecule has 0 saturated heterocycles. The van der Waals surface area contributed by atoms with E-state index in [9.17, 15) is 5.11 Å². The second-order valence-corrected chi connectivity index (χ2v) is 2.20. The minimum atomic E-state index is 0. The van der Waals surface area contributed by atoms with Crippen molar-refractivity contribution in [2.45, 2.75) is 13.8 Å². The molecule has 2 heteroatoms. The predicted octanol–water partition coefficient (Wildman–Crippen LogP) is -1.62. The first-order valence-electron chi connectivity index (χ1n) is 2.95. The fourth-order valence-electron chi connectivity index (χ4n) is 0.724. The first-order valence-corrected chi connectivity index (χ1v) is 2.95. The third-order valence-corrected chi connectivity index (χ3v) is 1.55. The second-order valence-electron chi connectivity index (χ2n) is 2.20. The van der Waals surface area contributed by atoms with Gasteiger partial charge in [-0.05, 0) is 19.4 Å². The van der Waals surface area contributed by atoms with Crippen LogP contribution in [0.25, 0.3) is 0 Å². The summed E-state index contributed by atoms with van der Waals surface area (Å²) in [5.41, 5.74) is 1.93. The Hall–Kier alpha value is 0.656. The molecule has 0 amide bonds. The van der Waals surface area contributed by atoms with Crippen LogP contribution in [-0.4, -0.2) is 0 Å². The molecule has 0 spiro atoms. The molecule has 0 aliphatic heterocycles. The number of hydrogen-bond acceptors (Lipinski definition) is 1. The Balaban J connectivity index is 0.000000810. The third kappa shape index (κ3) is 2.36. The normalized spacial score (nSPS) is 8.60. The summed E-state index contributed by atoms with van der Waals surface area (Å²) in [6, 6.07) is 5.31. The minimum absolute atomic E-state index is 0. The fourth-order valence-corrected chi connectivity index (χ4v) is 0.724. The maximum atomic E-state index is 10.8. The number of hydrogen-bond donors (Lipinski definition) is 0. The summed E-state index contributed by atoms with van der Waals surface area (Å²) in [5, 5.41) is 10.8. The first kappa shape index (κ1) is 10.7. The molecule has 0 unspecified atom stereocenters. The Morgan fingerprint density at radius 1 is 1.20 bits per heavy atom. The van der Waals surface area contributed by atoms with Crippen molar-refractivity contribution < 1.29 is 56.5 Å². The Bertz CT molecular complexity index is 200. The first-order chi connectivity index (χ1) is 4.22. The van der Waals surface area contributed by atoms with Crippen LogP contribution in [0, 0.1) is 13.8 Å². The quantitative estimate of drug-likeness (QED) is 0.418. The summed E-state index contributed by atoms with van der Waals surface area (Å²) in [6.45, 7) is 3.79. The van der Waals surface area contributed by atoms with Gasteiger partial charge in [-0.15, -0.1) is 5.75 Å². The zero-order valence-electron chi connectivity index (χ0n) is 6.64. The SMILES string of the molecule is Cc1cccc([O-])c1C.[K+]. The standard InChI is InChI=1S/C8H10O.K/c1-6-4-3-5-8(9)7(6)2;/h3-5,9H,1-2H3;/q;+1/p-1. The molecule has 1 nitrogen and oxygen atoms in total. The molecule has 1 rings (SSSR count). The zero-order chi connectivity index (χ0) is 6.85. The maximum absolute atomic E-state index is 10.8. The van der Waals surface area contributed by atoms with Crippen LogP contribution in [0.5, 0.6) is 5.75 Å². The monoisotopic (exact) mass is 160 g/mol. The van der Waals surface area contributed by atoms with Crippen LogP contribution in [0.3, 0.4) is 0 Å². The minimum Gasteiger partial charge on any atom is -0.872 e. The molecule has 48 valence electrons. The Morgan fingerprint density at radius 3 is 2.20 bits per heavy atom. The van der Waals surface area contributed by atoms with Crippen molar-refractivity contribution in [3.05, 3.63) is 29.3 Å². The molecule has 0 heterocycles. The van der Waals surface area contributed by atoms with E-state index in [4.69, 9.17) is 0 Å². The smallest absolute Gasteiger partial charge is 0.872 e. The van der Waals surface area contributed by atoms with Crippen molar-refractivity contribution >= 4 is 0 Å². The topological polar surface area (TPSA) is 23.1 Å². The van der Waals surface area contributed by atoms with Gasteiger partial charge in [-0.3, -0.25) is 0 Å². The van der Waals surface area contributed by atoms with Gasteiger partial charge in [0.2, 0.25) is 0 Å². The summed E-state index contributed by atoms with van der Waals surface area (Å²) in [6.07, 6.45) is 0. The van der Waals surface area contributed by atoms with Gasteiger partial charge in [0.05, 0.1) is 0 Å². The van der Waals surface area contributed by atoms with Crippen LogP contribution < -0.4 is 56.5 Å². The predicted molar refractivity (Wildman–Crippen MR) is 35.4 cm³/mol. The molecular weight excluding hydrogens is 151 g/mol. The molecule has 0 aliphatic carbocycles. The molecule has 0 aromatic heterocycles. The summed E-state index contributed by atoms with van der Waals surface area (Å²) < 4.78 is 0. The molecule has 0 saturated carbocycles. The van der Waals surface area contributed by atoms with Crippen LogP contribution in [0.4, 0.5) is 0 Å². The second kappa shape index (κ2) is 4.52. The van der Waals surface area contributed by atoms with E-state index in [1.807, 2.05) is 19.9 Å². The largest absolute Gasteiger partial charge is 1.00 e. The average molecular weight is 160 g/mol. The summed E-state index contributed by atoms with van der Waals surface area (Å²) in [5.74, 6) is 0.134. The van der Waals surface area contributed by atoms with Gasteiger partial charge in [-0.1, -0.05) is 23.8 Å². The Morgan fingerprint density at radius 2 is 1.80 bits per heavy atom. The van der Waals surface area contributed by atoms with E-state index >= 15 is 0 Å². The van der Waals surface area contributed by atoms with Gasteiger partial charge in [0, 0.05) is 0 Å². The Kier molecular flexibility index (Phi) is 4.81. The number of benzene rings is 1. The zero-order valence-corrected chi connectivity index (χ0v) is 9.76. The average Bonchev–Trinajstić information content (AvgIpc) is 1.83. The van der Waals surface area contributed by atoms with Gasteiger partial charge in [-0.2, -0.15) is 0 Å². The van der Waals surface area contributed by atoms with Gasteiger partial charge < -0.3 is 5.11 Å². The van der Waals surface area contributed by atoms with E-state index in [1.165, 1.54) is 0 Å². The van der Waals surface area contributed by atoms with E-state index in [2.05, 4.69) is 0 Å². The van der Waals surface area contributed by atoms with Gasteiger partial charge >= 0.3 is 51.4 Å². The van der Waals surface area contributed by atoms with Crippen molar-refractivity contribution in [1.82, 2.24) is 0 Å². The van der Waals surface area contributed by atoms with Crippen LogP contribution in [-0.2, 0) is 0 Å². The summed E-state index contributed by atoms with van der Waals surface area (Å²) in [7, 11) is 0. The van der Waals surface area contributed by atoms with Crippen LogP contribution in [0.15, 0.2) is 18.2 Å². The molecule has 0 aliphatic rings.